The summed E-state index contributed by atoms with van der Waals surface area (Å²) >= 11 is 0. The van der Waals surface area contributed by atoms with Crippen LogP contribution in [0.2, 0.25) is 0 Å². The third kappa shape index (κ3) is 4.97. The number of hydrogen-bond acceptors (Lipinski definition) is 3. The summed E-state index contributed by atoms with van der Waals surface area (Å²) in [6.07, 6.45) is -2.75. The van der Waals surface area contributed by atoms with Crippen molar-refractivity contribution in [2.75, 3.05) is 13.1 Å². The van der Waals surface area contributed by atoms with Gasteiger partial charge in [0.25, 0.3) is 5.91 Å². The van der Waals surface area contributed by atoms with Gasteiger partial charge in [0.05, 0.1) is 22.3 Å². The molecule has 0 spiro atoms. The van der Waals surface area contributed by atoms with Gasteiger partial charge in [-0.1, -0.05) is 36.4 Å². The number of benzene rings is 3. The highest BCUT2D eigenvalue weighted by atomic mass is 19.4. The third-order valence-corrected chi connectivity index (χ3v) is 7.47. The molecule has 1 amide bonds. The van der Waals surface area contributed by atoms with Crippen molar-refractivity contribution >= 4 is 16.9 Å². The van der Waals surface area contributed by atoms with Gasteiger partial charge in [0.15, 0.2) is 0 Å². The molecular weight excluding hydrogens is 513 g/mol. The number of piperidine rings is 1. The number of amides is 1. The SMILES string of the molecule is Cc1nc2cc(C(=O)N3CCCC(c4cccc(-c5cccc(C(F)(F)F)c5)n4)C3)ccc2n1-c1ccccc1. The first-order valence-corrected chi connectivity index (χ1v) is 13.3. The van der Waals surface area contributed by atoms with Crippen LogP contribution >= 0.6 is 0 Å². The standard InChI is InChI=1S/C32H27F3N4O/c1-21-36-29-19-23(15-16-30(29)39(21)26-11-3-2-4-12-26)31(40)38-17-7-9-24(20-38)28-14-6-13-27(37-28)22-8-5-10-25(18-22)32(33,34)35/h2-6,8,10-16,18-19,24H,7,9,17,20H2,1H3. The number of imidazole rings is 1. The summed E-state index contributed by atoms with van der Waals surface area (Å²) in [5.74, 6) is 0.773. The average molecular weight is 541 g/mol. The van der Waals surface area contributed by atoms with Gasteiger partial charge in [0.2, 0.25) is 0 Å². The second kappa shape index (κ2) is 10.3. The number of para-hydroxylation sites is 1. The van der Waals surface area contributed by atoms with Gasteiger partial charge in [-0.25, -0.2) is 4.98 Å². The van der Waals surface area contributed by atoms with E-state index < -0.39 is 11.7 Å². The van der Waals surface area contributed by atoms with E-state index in [0.29, 0.717) is 29.9 Å². The van der Waals surface area contributed by atoms with Crippen molar-refractivity contribution in [3.63, 3.8) is 0 Å². The van der Waals surface area contributed by atoms with Crippen molar-refractivity contribution in [3.05, 3.63) is 114 Å². The minimum absolute atomic E-state index is 0.00767. The van der Waals surface area contributed by atoms with Crippen molar-refractivity contribution < 1.29 is 18.0 Å². The maximum Gasteiger partial charge on any atom is 0.416 e. The summed E-state index contributed by atoms with van der Waals surface area (Å²) in [7, 11) is 0. The summed E-state index contributed by atoms with van der Waals surface area (Å²) in [6, 6.07) is 26.3. The van der Waals surface area contributed by atoms with Gasteiger partial charge >= 0.3 is 6.18 Å². The Morgan fingerprint density at radius 3 is 2.50 bits per heavy atom. The number of halogens is 3. The number of alkyl halides is 3. The molecule has 3 aromatic carbocycles. The molecule has 0 radical (unpaired) electrons. The monoisotopic (exact) mass is 540 g/mol. The highest BCUT2D eigenvalue weighted by molar-refractivity contribution is 5.97. The number of nitrogens with zero attached hydrogens (tertiary/aromatic N) is 4. The summed E-state index contributed by atoms with van der Waals surface area (Å²) in [5.41, 5.74) is 4.27. The second-order valence-electron chi connectivity index (χ2n) is 10.2. The first kappa shape index (κ1) is 25.8. The molecule has 1 atom stereocenters. The van der Waals surface area contributed by atoms with E-state index in [-0.39, 0.29) is 11.8 Å². The molecule has 1 fully saturated rings. The normalized spacial score (nSPS) is 15.9. The Hall–Kier alpha value is -4.46. The quantitative estimate of drug-likeness (QED) is 0.238. The van der Waals surface area contributed by atoms with Crippen LogP contribution in [0.5, 0.6) is 0 Å². The number of hydrogen-bond donors (Lipinski definition) is 0. The van der Waals surface area contributed by atoms with Gasteiger partial charge in [-0.2, -0.15) is 13.2 Å². The lowest BCUT2D eigenvalue weighted by Crippen LogP contribution is -2.39. The van der Waals surface area contributed by atoms with Gasteiger partial charge in [-0.3, -0.25) is 14.3 Å². The van der Waals surface area contributed by atoms with Crippen LogP contribution in [0.3, 0.4) is 0 Å². The lowest BCUT2D eigenvalue weighted by Gasteiger charge is -2.32. The van der Waals surface area contributed by atoms with E-state index in [2.05, 4.69) is 4.57 Å². The smallest absolute Gasteiger partial charge is 0.338 e. The van der Waals surface area contributed by atoms with Gasteiger partial charge < -0.3 is 4.90 Å². The molecule has 6 rings (SSSR count). The maximum atomic E-state index is 13.6. The first-order chi connectivity index (χ1) is 19.3. The Bertz CT molecular complexity index is 1690. The summed E-state index contributed by atoms with van der Waals surface area (Å²) in [5, 5.41) is 0. The predicted molar refractivity (Wildman–Crippen MR) is 148 cm³/mol. The van der Waals surface area contributed by atoms with Crippen LogP contribution < -0.4 is 0 Å². The topological polar surface area (TPSA) is 51.0 Å². The molecule has 0 N–H and O–H groups in total. The maximum absolute atomic E-state index is 13.6. The molecule has 202 valence electrons. The van der Waals surface area contributed by atoms with E-state index in [1.54, 1.807) is 12.1 Å². The van der Waals surface area contributed by atoms with Crippen molar-refractivity contribution in [1.82, 2.24) is 19.4 Å². The third-order valence-electron chi connectivity index (χ3n) is 7.47. The fourth-order valence-corrected chi connectivity index (χ4v) is 5.52. The number of likely N-dealkylation sites (tertiary alicyclic amines) is 1. The minimum atomic E-state index is -4.42. The lowest BCUT2D eigenvalue weighted by molar-refractivity contribution is -0.137. The molecule has 2 aromatic heterocycles. The number of carbonyl (C=O) groups excluding carboxylic acids is 1. The van der Waals surface area contributed by atoms with Crippen LogP contribution in [0, 0.1) is 6.92 Å². The fourth-order valence-electron chi connectivity index (χ4n) is 5.52. The highest BCUT2D eigenvalue weighted by Crippen LogP contribution is 2.33. The molecule has 40 heavy (non-hydrogen) atoms. The fraction of sp³-hybridized carbons (Fsp3) is 0.219. The summed E-state index contributed by atoms with van der Waals surface area (Å²) < 4.78 is 41.8. The molecule has 8 heteroatoms. The Morgan fingerprint density at radius 2 is 1.70 bits per heavy atom. The van der Waals surface area contributed by atoms with Crippen molar-refractivity contribution in [2.24, 2.45) is 0 Å². The van der Waals surface area contributed by atoms with Crippen LogP contribution in [-0.4, -0.2) is 38.4 Å². The summed E-state index contributed by atoms with van der Waals surface area (Å²) in [6.45, 7) is 3.08. The molecule has 1 unspecified atom stereocenters. The number of pyridine rings is 1. The van der Waals surface area contributed by atoms with Gasteiger partial charge in [-0.05, 0) is 74.4 Å². The Kier molecular flexibility index (Phi) is 6.62. The van der Waals surface area contributed by atoms with E-state index >= 15 is 0 Å². The largest absolute Gasteiger partial charge is 0.416 e. The van der Waals surface area contributed by atoms with Gasteiger partial charge in [0.1, 0.15) is 5.82 Å². The molecule has 1 saturated heterocycles. The molecule has 0 saturated carbocycles. The Balaban J connectivity index is 1.23. The summed E-state index contributed by atoms with van der Waals surface area (Å²) in [4.78, 5) is 24.8. The average Bonchev–Trinajstić information content (AvgIpc) is 3.32. The van der Waals surface area contributed by atoms with E-state index in [0.717, 1.165) is 53.2 Å². The van der Waals surface area contributed by atoms with E-state index in [1.807, 2.05) is 72.5 Å². The molecule has 3 heterocycles. The molecule has 0 bridgehead atoms. The van der Waals surface area contributed by atoms with Gasteiger partial charge in [0, 0.05) is 41.5 Å². The molecule has 5 nitrogen and oxygen atoms in total. The van der Waals surface area contributed by atoms with Crippen LogP contribution in [0.25, 0.3) is 28.0 Å². The highest BCUT2D eigenvalue weighted by Gasteiger charge is 2.31. The molecular formula is C32H27F3N4O. The first-order valence-electron chi connectivity index (χ1n) is 13.3. The number of rotatable bonds is 4. The van der Waals surface area contributed by atoms with E-state index in [9.17, 15) is 18.0 Å². The Labute approximate surface area is 229 Å². The Morgan fingerprint density at radius 1 is 0.900 bits per heavy atom. The lowest BCUT2D eigenvalue weighted by atomic mass is 9.93. The van der Waals surface area contributed by atoms with E-state index in [4.69, 9.17) is 9.97 Å². The second-order valence-corrected chi connectivity index (χ2v) is 10.2. The molecule has 1 aliphatic heterocycles. The van der Waals surface area contributed by atoms with Crippen LogP contribution in [0.15, 0.2) is 91.0 Å². The predicted octanol–water partition coefficient (Wildman–Crippen LogP) is 7.43. The number of aryl methyl sites for hydroxylation is 1. The van der Waals surface area contributed by atoms with Crippen LogP contribution in [0.1, 0.15) is 46.2 Å². The van der Waals surface area contributed by atoms with Crippen molar-refractivity contribution in [1.29, 1.82) is 0 Å². The zero-order valence-electron chi connectivity index (χ0n) is 21.9. The van der Waals surface area contributed by atoms with Crippen LogP contribution in [0.4, 0.5) is 13.2 Å². The minimum Gasteiger partial charge on any atom is -0.338 e. The van der Waals surface area contributed by atoms with Crippen molar-refractivity contribution in [2.45, 2.75) is 31.9 Å². The zero-order valence-corrected chi connectivity index (χ0v) is 21.9. The number of aromatic nitrogens is 3. The van der Waals surface area contributed by atoms with E-state index in [1.165, 1.54) is 6.07 Å². The molecule has 5 aromatic rings. The van der Waals surface area contributed by atoms with Crippen molar-refractivity contribution in [3.8, 4) is 16.9 Å². The number of fused-ring (bicyclic) bond motifs is 1. The zero-order chi connectivity index (χ0) is 27.9. The van der Waals surface area contributed by atoms with Crippen LogP contribution in [-0.2, 0) is 6.18 Å². The molecule has 0 aliphatic carbocycles. The number of carbonyl (C=O) groups is 1. The molecule has 1 aliphatic rings. The van der Waals surface area contributed by atoms with Gasteiger partial charge in [-0.15, -0.1) is 0 Å².